The summed E-state index contributed by atoms with van der Waals surface area (Å²) in [5.41, 5.74) is 0. The first-order valence-corrected chi connectivity index (χ1v) is 9.04. The Morgan fingerprint density at radius 2 is 2.17 bits per heavy atom. The van der Waals surface area contributed by atoms with Crippen molar-refractivity contribution in [3.8, 4) is 0 Å². The molecule has 0 saturated carbocycles. The molecule has 0 aromatic carbocycles. The number of carbonyl (C=O) groups excluding carboxylic acids is 2. The predicted molar refractivity (Wildman–Crippen MR) is 94.5 cm³/mol. The maximum absolute atomic E-state index is 12.3. The zero-order valence-corrected chi connectivity index (χ0v) is 15.4. The lowest BCUT2D eigenvalue weighted by Gasteiger charge is -2.36. The van der Waals surface area contributed by atoms with E-state index in [0.717, 1.165) is 23.2 Å². The van der Waals surface area contributed by atoms with Crippen LogP contribution in [0.25, 0.3) is 0 Å². The zero-order valence-electron chi connectivity index (χ0n) is 13.9. The van der Waals surface area contributed by atoms with Crippen LogP contribution in [0.3, 0.4) is 0 Å². The van der Waals surface area contributed by atoms with E-state index in [2.05, 4.69) is 24.2 Å². The summed E-state index contributed by atoms with van der Waals surface area (Å²) in [5.74, 6) is 0.937. The van der Waals surface area contributed by atoms with Crippen molar-refractivity contribution in [2.75, 3.05) is 19.3 Å². The molecular formula is C15H23ClN4O2S. The number of halogens is 1. The van der Waals surface area contributed by atoms with Crippen molar-refractivity contribution in [2.45, 2.75) is 39.4 Å². The quantitative estimate of drug-likeness (QED) is 0.819. The van der Waals surface area contributed by atoms with Gasteiger partial charge in [0.2, 0.25) is 0 Å². The van der Waals surface area contributed by atoms with Crippen LogP contribution < -0.4 is 5.32 Å². The van der Waals surface area contributed by atoms with Gasteiger partial charge in [-0.25, -0.2) is 9.79 Å². The fraction of sp³-hybridized carbons (Fsp3) is 0.667. The largest absolute Gasteiger partial charge is 0.336 e. The van der Waals surface area contributed by atoms with E-state index in [1.807, 2.05) is 17.9 Å². The highest BCUT2D eigenvalue weighted by Gasteiger charge is 2.48. The van der Waals surface area contributed by atoms with Crippen LogP contribution in [0, 0.1) is 5.92 Å². The summed E-state index contributed by atoms with van der Waals surface area (Å²) in [6.45, 7) is 6.86. The van der Waals surface area contributed by atoms with E-state index in [4.69, 9.17) is 11.6 Å². The monoisotopic (exact) mass is 358 g/mol. The van der Waals surface area contributed by atoms with Gasteiger partial charge < -0.3 is 9.80 Å². The van der Waals surface area contributed by atoms with Gasteiger partial charge in [0.15, 0.2) is 17.4 Å². The van der Waals surface area contributed by atoms with Crippen LogP contribution >= 0.6 is 23.4 Å². The molecule has 2 heterocycles. The molecule has 23 heavy (non-hydrogen) atoms. The minimum atomic E-state index is -0.452. The number of hydrogen-bond acceptors (Lipinski definition) is 5. The molecule has 0 bridgehead atoms. The Labute approximate surface area is 146 Å². The standard InChI is InChI=1S/C15H23ClN4O2S/c1-9(2)5-7-20-11-12(19(4)14(22)18-13(11)21)17-15(20)23-8-6-10(3)16/h6,9,11-12H,5,7-8H2,1-4H3,(H,18,21,22)/b10-6+. The molecule has 8 heteroatoms. The predicted octanol–water partition coefficient (Wildman–Crippen LogP) is 2.46. The number of aliphatic imine (C=N–C) groups is 1. The summed E-state index contributed by atoms with van der Waals surface area (Å²) in [5, 5.41) is 3.93. The van der Waals surface area contributed by atoms with Crippen molar-refractivity contribution < 1.29 is 9.59 Å². The second-order valence-electron chi connectivity index (χ2n) is 6.15. The molecule has 2 rings (SSSR count). The molecule has 2 unspecified atom stereocenters. The molecule has 2 aliphatic rings. The fourth-order valence-electron chi connectivity index (χ4n) is 2.48. The summed E-state index contributed by atoms with van der Waals surface area (Å²) in [4.78, 5) is 32.2. The Balaban J connectivity index is 2.19. The van der Waals surface area contributed by atoms with Crippen molar-refractivity contribution in [2.24, 2.45) is 10.9 Å². The van der Waals surface area contributed by atoms with E-state index in [-0.39, 0.29) is 5.91 Å². The Morgan fingerprint density at radius 3 is 2.78 bits per heavy atom. The van der Waals surface area contributed by atoms with Crippen LogP contribution in [0.15, 0.2) is 16.1 Å². The minimum Gasteiger partial charge on any atom is -0.336 e. The average Bonchev–Trinajstić information content (AvgIpc) is 2.81. The SMILES string of the molecule is C/C(Cl)=C\CSC1=NC2C(C(=O)NC(=O)N2C)N1CCC(C)C. The van der Waals surface area contributed by atoms with Gasteiger partial charge in [-0.1, -0.05) is 43.3 Å². The van der Waals surface area contributed by atoms with Gasteiger partial charge in [0.25, 0.3) is 5.91 Å². The van der Waals surface area contributed by atoms with Gasteiger partial charge in [-0.2, -0.15) is 0 Å². The van der Waals surface area contributed by atoms with E-state index >= 15 is 0 Å². The van der Waals surface area contributed by atoms with E-state index < -0.39 is 18.2 Å². The molecule has 0 spiro atoms. The zero-order chi connectivity index (χ0) is 17.1. The number of urea groups is 1. The van der Waals surface area contributed by atoms with Crippen LogP contribution in [0.1, 0.15) is 27.2 Å². The summed E-state index contributed by atoms with van der Waals surface area (Å²) in [6, 6.07) is -0.841. The molecule has 6 nitrogen and oxygen atoms in total. The van der Waals surface area contributed by atoms with Crippen molar-refractivity contribution in [3.63, 3.8) is 0 Å². The number of nitrogens with one attached hydrogen (secondary N) is 1. The van der Waals surface area contributed by atoms with Crippen molar-refractivity contribution in [1.82, 2.24) is 15.1 Å². The molecule has 1 saturated heterocycles. The normalized spacial score (nSPS) is 25.0. The van der Waals surface area contributed by atoms with E-state index in [1.165, 1.54) is 4.90 Å². The summed E-state index contributed by atoms with van der Waals surface area (Å²) < 4.78 is 0. The van der Waals surface area contributed by atoms with Gasteiger partial charge in [0, 0.05) is 24.4 Å². The Kier molecular flexibility index (Phi) is 5.97. The van der Waals surface area contributed by atoms with Crippen LogP contribution in [0.4, 0.5) is 4.79 Å². The summed E-state index contributed by atoms with van der Waals surface area (Å²) in [7, 11) is 1.67. The number of nitrogens with zero attached hydrogens (tertiary/aromatic N) is 3. The van der Waals surface area contributed by atoms with Gasteiger partial charge >= 0.3 is 6.03 Å². The maximum Gasteiger partial charge on any atom is 0.325 e. The number of rotatable bonds is 5. The number of thioether (sulfide) groups is 1. The van der Waals surface area contributed by atoms with Gasteiger partial charge in [0.1, 0.15) is 0 Å². The van der Waals surface area contributed by atoms with E-state index in [9.17, 15) is 9.59 Å². The highest BCUT2D eigenvalue weighted by molar-refractivity contribution is 8.13. The van der Waals surface area contributed by atoms with Crippen molar-refractivity contribution in [1.29, 1.82) is 0 Å². The molecule has 2 atom stereocenters. The number of fused-ring (bicyclic) bond motifs is 1. The highest BCUT2D eigenvalue weighted by atomic mass is 35.5. The van der Waals surface area contributed by atoms with Crippen molar-refractivity contribution in [3.05, 3.63) is 11.1 Å². The molecule has 128 valence electrons. The van der Waals surface area contributed by atoms with Gasteiger partial charge in [-0.3, -0.25) is 10.1 Å². The Hall–Kier alpha value is -1.21. The molecule has 2 aliphatic heterocycles. The summed E-state index contributed by atoms with van der Waals surface area (Å²) >= 11 is 7.41. The molecule has 0 aromatic rings. The topological polar surface area (TPSA) is 65.0 Å². The number of hydrogen-bond donors (Lipinski definition) is 1. The van der Waals surface area contributed by atoms with Crippen LogP contribution in [0.2, 0.25) is 0 Å². The third kappa shape index (κ3) is 4.20. The second kappa shape index (κ2) is 7.57. The number of amidine groups is 1. The van der Waals surface area contributed by atoms with E-state index in [1.54, 1.807) is 18.8 Å². The number of amides is 3. The van der Waals surface area contributed by atoms with Crippen molar-refractivity contribution >= 4 is 40.5 Å². The number of imide groups is 1. The highest BCUT2D eigenvalue weighted by Crippen LogP contribution is 2.29. The molecule has 1 fully saturated rings. The molecule has 0 aromatic heterocycles. The first kappa shape index (κ1) is 18.1. The summed E-state index contributed by atoms with van der Waals surface area (Å²) in [6.07, 6.45) is 2.41. The lowest BCUT2D eigenvalue weighted by molar-refractivity contribution is -0.127. The van der Waals surface area contributed by atoms with Gasteiger partial charge in [-0.15, -0.1) is 0 Å². The lowest BCUT2D eigenvalue weighted by Crippen LogP contribution is -2.63. The third-order valence-corrected chi connectivity index (χ3v) is 4.93. The molecule has 3 amide bonds. The van der Waals surface area contributed by atoms with Gasteiger partial charge in [0.05, 0.1) is 0 Å². The second-order valence-corrected chi connectivity index (χ2v) is 7.74. The van der Waals surface area contributed by atoms with E-state index in [0.29, 0.717) is 11.7 Å². The Morgan fingerprint density at radius 1 is 1.48 bits per heavy atom. The van der Waals surface area contributed by atoms with Crippen LogP contribution in [-0.2, 0) is 4.79 Å². The first-order chi connectivity index (χ1) is 10.8. The van der Waals surface area contributed by atoms with Crippen LogP contribution in [0.5, 0.6) is 0 Å². The van der Waals surface area contributed by atoms with Crippen LogP contribution in [-0.4, -0.2) is 58.5 Å². The molecule has 0 aliphatic carbocycles. The lowest BCUT2D eigenvalue weighted by atomic mass is 10.1. The number of allylic oxidation sites excluding steroid dienone is 1. The first-order valence-electron chi connectivity index (χ1n) is 7.68. The molecule has 1 N–H and O–H groups in total. The number of likely N-dealkylation sites (N-methyl/N-ethyl adjacent to an activating group) is 1. The Bertz CT molecular complexity index is 546. The smallest absolute Gasteiger partial charge is 0.325 e. The molecule has 0 radical (unpaired) electrons. The third-order valence-electron chi connectivity index (χ3n) is 3.85. The minimum absolute atomic E-state index is 0.273. The molecular weight excluding hydrogens is 336 g/mol. The number of carbonyl (C=O) groups is 2. The fourth-order valence-corrected chi connectivity index (χ4v) is 3.69. The maximum atomic E-state index is 12.3. The van der Waals surface area contributed by atoms with Gasteiger partial charge in [-0.05, 0) is 19.3 Å². The average molecular weight is 359 g/mol.